The number of hydrogen-bond donors (Lipinski definition) is 1. The van der Waals surface area contributed by atoms with E-state index in [0.29, 0.717) is 31.4 Å². The van der Waals surface area contributed by atoms with Gasteiger partial charge in [-0.1, -0.05) is 0 Å². The first kappa shape index (κ1) is 19.2. The van der Waals surface area contributed by atoms with E-state index in [1.165, 1.54) is 28.3 Å². The summed E-state index contributed by atoms with van der Waals surface area (Å²) in [4.78, 5) is 49.1. The monoisotopic (exact) mass is 404 g/mol. The number of carbonyl (C=O) groups is 3. The maximum absolute atomic E-state index is 14.7. The number of likely N-dealkylation sites (tertiary alicyclic amines) is 1. The fraction of sp³-hybridized carbons (Fsp3) is 0.474. The van der Waals surface area contributed by atoms with Gasteiger partial charge in [-0.3, -0.25) is 28.8 Å². The number of piperidine rings is 2. The number of amides is 3. The van der Waals surface area contributed by atoms with Gasteiger partial charge >= 0.3 is 5.69 Å². The summed E-state index contributed by atoms with van der Waals surface area (Å²) in [5.41, 5.74) is 0.145. The average molecular weight is 404 g/mol. The molecule has 4 rings (SSSR count). The van der Waals surface area contributed by atoms with Crippen LogP contribution >= 0.6 is 0 Å². The number of imidazole rings is 1. The van der Waals surface area contributed by atoms with E-state index in [1.54, 1.807) is 4.90 Å². The van der Waals surface area contributed by atoms with E-state index >= 15 is 0 Å². The van der Waals surface area contributed by atoms with Crippen molar-refractivity contribution >= 4 is 29.3 Å². The third kappa shape index (κ3) is 3.28. The van der Waals surface area contributed by atoms with Crippen LogP contribution < -0.4 is 15.7 Å². The molecule has 0 saturated carbocycles. The van der Waals surface area contributed by atoms with E-state index in [-0.39, 0.29) is 36.1 Å². The molecule has 10 heteroatoms. The molecule has 1 atom stereocenters. The van der Waals surface area contributed by atoms with E-state index in [1.807, 2.05) is 0 Å². The Labute approximate surface area is 165 Å². The molecule has 29 heavy (non-hydrogen) atoms. The van der Waals surface area contributed by atoms with Gasteiger partial charge in [0.2, 0.25) is 18.2 Å². The molecular formula is C19H21FN4O5. The second-order valence-corrected chi connectivity index (χ2v) is 7.38. The zero-order valence-electron chi connectivity index (χ0n) is 15.9. The summed E-state index contributed by atoms with van der Waals surface area (Å²) < 4.78 is 23.1. The molecule has 0 spiro atoms. The fourth-order valence-corrected chi connectivity index (χ4v) is 4.02. The molecular weight excluding hydrogens is 383 g/mol. The molecule has 154 valence electrons. The molecule has 0 radical (unpaired) electrons. The molecule has 2 fully saturated rings. The van der Waals surface area contributed by atoms with Gasteiger partial charge in [0.1, 0.15) is 17.7 Å². The predicted octanol–water partition coefficient (Wildman–Crippen LogP) is 0.456. The maximum atomic E-state index is 14.7. The normalized spacial score (nSPS) is 20.8. The Hall–Kier alpha value is -3.17. The van der Waals surface area contributed by atoms with Gasteiger partial charge in [0.05, 0.1) is 5.52 Å². The lowest BCUT2D eigenvalue weighted by Gasteiger charge is -2.29. The van der Waals surface area contributed by atoms with Crippen molar-refractivity contribution in [3.8, 4) is 5.75 Å². The standard InChI is InChI=1S/C19H21FN4O5/c1-22-16-13(24(19(22)28)14-4-5-15(26)21-18(14)27)3-2-12(20)17(16)29-11-6-8-23(10-25)9-7-11/h2-3,10-11,14H,4-9H2,1H3,(H,21,26,27). The summed E-state index contributed by atoms with van der Waals surface area (Å²) in [7, 11) is 1.49. The second-order valence-electron chi connectivity index (χ2n) is 7.38. The van der Waals surface area contributed by atoms with Gasteiger partial charge in [-0.2, -0.15) is 0 Å². The number of nitrogens with zero attached hydrogens (tertiary/aromatic N) is 3. The Kier molecular flexibility index (Phi) is 4.85. The number of ether oxygens (including phenoxy) is 1. The van der Waals surface area contributed by atoms with Gasteiger partial charge in [-0.05, 0) is 18.6 Å². The molecule has 3 amide bonds. The molecule has 9 nitrogen and oxygen atoms in total. The van der Waals surface area contributed by atoms with Gasteiger partial charge in [-0.25, -0.2) is 9.18 Å². The lowest BCUT2D eigenvalue weighted by atomic mass is 10.1. The first-order valence-electron chi connectivity index (χ1n) is 9.50. The van der Waals surface area contributed by atoms with Crippen LogP contribution in [0.3, 0.4) is 0 Å². The molecule has 0 aliphatic carbocycles. The summed E-state index contributed by atoms with van der Waals surface area (Å²) in [5, 5.41) is 2.25. The molecule has 1 aromatic carbocycles. The minimum absolute atomic E-state index is 0.0438. The van der Waals surface area contributed by atoms with Crippen molar-refractivity contribution in [1.29, 1.82) is 0 Å². The number of halogens is 1. The highest BCUT2D eigenvalue weighted by Crippen LogP contribution is 2.32. The third-order valence-corrected chi connectivity index (χ3v) is 5.58. The Morgan fingerprint density at radius 2 is 1.90 bits per heavy atom. The van der Waals surface area contributed by atoms with Crippen molar-refractivity contribution in [3.63, 3.8) is 0 Å². The SMILES string of the molecule is Cn1c(=O)n(C2CCC(=O)NC2=O)c2ccc(F)c(OC3CCN(C=O)CC3)c21. The molecule has 0 bridgehead atoms. The van der Waals surface area contributed by atoms with E-state index in [0.717, 1.165) is 6.41 Å². The van der Waals surface area contributed by atoms with Crippen LogP contribution in [0.4, 0.5) is 4.39 Å². The van der Waals surface area contributed by atoms with Crippen LogP contribution in [0.2, 0.25) is 0 Å². The van der Waals surface area contributed by atoms with Gasteiger partial charge in [0.25, 0.3) is 0 Å². The summed E-state index contributed by atoms with van der Waals surface area (Å²) in [6, 6.07) is 1.80. The Bertz CT molecular complexity index is 1050. The van der Waals surface area contributed by atoms with E-state index < -0.39 is 23.5 Å². The van der Waals surface area contributed by atoms with Crippen LogP contribution in [0, 0.1) is 5.82 Å². The fourth-order valence-electron chi connectivity index (χ4n) is 4.02. The minimum atomic E-state index is -0.849. The van der Waals surface area contributed by atoms with E-state index in [9.17, 15) is 23.6 Å². The zero-order chi connectivity index (χ0) is 20.7. The molecule has 2 aromatic rings. The highest BCUT2D eigenvalue weighted by molar-refractivity contribution is 6.00. The minimum Gasteiger partial charge on any atom is -0.485 e. The average Bonchev–Trinajstić information content (AvgIpc) is 2.96. The first-order valence-corrected chi connectivity index (χ1v) is 9.50. The van der Waals surface area contributed by atoms with Crippen molar-refractivity contribution in [2.75, 3.05) is 13.1 Å². The van der Waals surface area contributed by atoms with Crippen molar-refractivity contribution in [3.05, 3.63) is 28.4 Å². The maximum Gasteiger partial charge on any atom is 0.329 e. The molecule has 1 unspecified atom stereocenters. The number of aryl methyl sites for hydroxylation is 1. The van der Waals surface area contributed by atoms with E-state index in [2.05, 4.69) is 5.32 Å². The summed E-state index contributed by atoms with van der Waals surface area (Å²) in [5.74, 6) is -1.58. The smallest absolute Gasteiger partial charge is 0.329 e. The quantitative estimate of drug-likeness (QED) is 0.589. The number of nitrogens with one attached hydrogen (secondary N) is 1. The van der Waals surface area contributed by atoms with Crippen molar-refractivity contribution in [2.24, 2.45) is 7.05 Å². The highest BCUT2D eigenvalue weighted by Gasteiger charge is 2.33. The molecule has 1 aromatic heterocycles. The number of carbonyl (C=O) groups excluding carboxylic acids is 3. The van der Waals surface area contributed by atoms with Gasteiger partial charge in [-0.15, -0.1) is 0 Å². The van der Waals surface area contributed by atoms with Crippen LogP contribution in [0.1, 0.15) is 31.7 Å². The van der Waals surface area contributed by atoms with Gasteiger partial charge in [0, 0.05) is 39.4 Å². The molecule has 2 aliphatic rings. The van der Waals surface area contributed by atoms with Crippen LogP contribution in [0.25, 0.3) is 11.0 Å². The molecule has 1 N–H and O–H groups in total. The number of hydrogen-bond acceptors (Lipinski definition) is 5. The zero-order valence-corrected chi connectivity index (χ0v) is 15.9. The summed E-state index contributed by atoms with van der Waals surface area (Å²) >= 11 is 0. The Balaban J connectivity index is 1.74. The number of imide groups is 1. The molecule has 2 saturated heterocycles. The van der Waals surface area contributed by atoms with Crippen LogP contribution in [0.5, 0.6) is 5.75 Å². The number of aromatic nitrogens is 2. The first-order chi connectivity index (χ1) is 13.9. The van der Waals surface area contributed by atoms with Crippen molar-refractivity contribution in [1.82, 2.24) is 19.4 Å². The van der Waals surface area contributed by atoms with Gasteiger partial charge in [0.15, 0.2) is 11.6 Å². The lowest BCUT2D eigenvalue weighted by molar-refractivity contribution is -0.135. The largest absolute Gasteiger partial charge is 0.485 e. The van der Waals surface area contributed by atoms with Crippen LogP contribution in [-0.2, 0) is 21.4 Å². The van der Waals surface area contributed by atoms with Crippen LogP contribution in [-0.4, -0.2) is 51.5 Å². The van der Waals surface area contributed by atoms with Crippen molar-refractivity contribution in [2.45, 2.75) is 37.8 Å². The van der Waals surface area contributed by atoms with E-state index in [4.69, 9.17) is 4.74 Å². The van der Waals surface area contributed by atoms with Gasteiger partial charge < -0.3 is 9.64 Å². The number of fused-ring (bicyclic) bond motifs is 1. The van der Waals surface area contributed by atoms with Crippen LogP contribution in [0.15, 0.2) is 16.9 Å². The Morgan fingerprint density at radius 3 is 2.55 bits per heavy atom. The third-order valence-electron chi connectivity index (χ3n) is 5.58. The highest BCUT2D eigenvalue weighted by atomic mass is 19.1. The summed E-state index contributed by atoms with van der Waals surface area (Å²) in [6.07, 6.45) is 1.91. The summed E-state index contributed by atoms with van der Waals surface area (Å²) in [6.45, 7) is 1.03. The molecule has 3 heterocycles. The number of rotatable bonds is 4. The topological polar surface area (TPSA) is 103 Å². The van der Waals surface area contributed by atoms with Crippen molar-refractivity contribution < 1.29 is 23.5 Å². The predicted molar refractivity (Wildman–Crippen MR) is 99.8 cm³/mol. The number of benzene rings is 1. The molecule has 2 aliphatic heterocycles. The lowest BCUT2D eigenvalue weighted by Crippen LogP contribution is -2.44. The Morgan fingerprint density at radius 1 is 1.17 bits per heavy atom. The second kappa shape index (κ2) is 7.34.